The van der Waals surface area contributed by atoms with Gasteiger partial charge in [0.1, 0.15) is 22.4 Å². The van der Waals surface area contributed by atoms with Gasteiger partial charge in [-0.2, -0.15) is 8.61 Å². The van der Waals surface area contributed by atoms with Crippen LogP contribution in [0.5, 0.6) is 11.5 Å². The lowest BCUT2D eigenvalue weighted by Crippen LogP contribution is -2.50. The van der Waals surface area contributed by atoms with Crippen LogP contribution in [0, 0.1) is 0 Å². The number of rotatable bonds is 4. The Balaban J connectivity index is 1.51. The van der Waals surface area contributed by atoms with Gasteiger partial charge in [0.15, 0.2) is 11.5 Å². The third-order valence-electron chi connectivity index (χ3n) is 4.59. The zero-order valence-electron chi connectivity index (χ0n) is 14.9. The van der Waals surface area contributed by atoms with Crippen molar-refractivity contribution in [2.45, 2.75) is 9.79 Å². The number of sulfonamides is 2. The van der Waals surface area contributed by atoms with Crippen molar-refractivity contribution in [2.75, 3.05) is 39.4 Å². The van der Waals surface area contributed by atoms with Crippen LogP contribution in [0.15, 0.2) is 34.1 Å². The van der Waals surface area contributed by atoms with Crippen molar-refractivity contribution in [3.8, 4) is 11.5 Å². The molecule has 0 aliphatic carbocycles. The third kappa shape index (κ3) is 3.97. The number of fused-ring (bicyclic) bond motifs is 1. The van der Waals surface area contributed by atoms with Crippen LogP contribution in [-0.2, 0) is 20.0 Å². The molecule has 0 unspecified atom stereocenters. The Bertz CT molecular complexity index is 1140. The van der Waals surface area contributed by atoms with E-state index in [-0.39, 0.29) is 44.6 Å². The minimum absolute atomic E-state index is 0.00983. The third-order valence-corrected chi connectivity index (χ3v) is 10.1. The fourth-order valence-electron chi connectivity index (χ4n) is 3.12. The lowest BCUT2D eigenvalue weighted by Gasteiger charge is -2.33. The standard InChI is InChI=1S/C16H16Cl2N2O6S3/c17-15-10-14(16(18)27-15)29(23,24)20-5-3-19(4-6-20)28(21,22)11-1-2-12-13(9-11)26-8-7-25-12/h1-2,9-10H,3-8H2. The van der Waals surface area contributed by atoms with Crippen molar-refractivity contribution in [3.05, 3.63) is 32.9 Å². The Hall–Kier alpha value is -1.08. The van der Waals surface area contributed by atoms with E-state index >= 15 is 0 Å². The maximum absolute atomic E-state index is 13.0. The maximum atomic E-state index is 13.0. The van der Waals surface area contributed by atoms with Gasteiger partial charge in [0.05, 0.1) is 9.23 Å². The summed E-state index contributed by atoms with van der Waals surface area (Å²) in [6, 6.07) is 5.76. The first kappa shape index (κ1) is 21.2. The number of hydrogen-bond acceptors (Lipinski definition) is 7. The van der Waals surface area contributed by atoms with Crippen LogP contribution in [0.1, 0.15) is 0 Å². The number of thiophene rings is 1. The zero-order valence-corrected chi connectivity index (χ0v) is 18.8. The maximum Gasteiger partial charge on any atom is 0.245 e. The van der Waals surface area contributed by atoms with E-state index in [1.165, 1.54) is 26.8 Å². The summed E-state index contributed by atoms with van der Waals surface area (Å²) in [6.07, 6.45) is 0. The van der Waals surface area contributed by atoms with Gasteiger partial charge in [-0.1, -0.05) is 23.2 Å². The molecule has 0 radical (unpaired) electrons. The topological polar surface area (TPSA) is 93.2 Å². The van der Waals surface area contributed by atoms with Crippen molar-refractivity contribution >= 4 is 54.6 Å². The molecule has 2 aliphatic heterocycles. The van der Waals surface area contributed by atoms with Crippen molar-refractivity contribution < 1.29 is 26.3 Å². The highest BCUT2D eigenvalue weighted by Gasteiger charge is 2.35. The molecule has 0 bridgehead atoms. The second kappa shape index (κ2) is 7.88. The van der Waals surface area contributed by atoms with Crippen LogP contribution in [0.4, 0.5) is 0 Å². The number of ether oxygens (including phenoxy) is 2. The smallest absolute Gasteiger partial charge is 0.245 e. The molecule has 3 heterocycles. The Morgan fingerprint density at radius 3 is 2.00 bits per heavy atom. The van der Waals surface area contributed by atoms with Gasteiger partial charge in [-0.3, -0.25) is 0 Å². The molecule has 1 saturated heterocycles. The number of hydrogen-bond donors (Lipinski definition) is 0. The molecule has 1 aromatic heterocycles. The highest BCUT2D eigenvalue weighted by molar-refractivity contribution is 7.89. The molecule has 1 aromatic carbocycles. The molecule has 13 heteroatoms. The minimum Gasteiger partial charge on any atom is -0.486 e. The van der Waals surface area contributed by atoms with E-state index in [0.717, 1.165) is 11.3 Å². The second-order valence-corrected chi connectivity index (χ2v) is 12.4. The average molecular weight is 499 g/mol. The largest absolute Gasteiger partial charge is 0.486 e. The predicted octanol–water partition coefficient (Wildman–Crippen LogP) is 2.52. The van der Waals surface area contributed by atoms with E-state index in [2.05, 4.69) is 0 Å². The van der Waals surface area contributed by atoms with Gasteiger partial charge in [0.25, 0.3) is 0 Å². The summed E-state index contributed by atoms with van der Waals surface area (Å²) in [5.74, 6) is 0.875. The summed E-state index contributed by atoms with van der Waals surface area (Å²) in [6.45, 7) is 0.819. The van der Waals surface area contributed by atoms with Crippen LogP contribution in [-0.4, -0.2) is 64.8 Å². The predicted molar refractivity (Wildman–Crippen MR) is 109 cm³/mol. The average Bonchev–Trinajstić information content (AvgIpc) is 3.06. The quantitative estimate of drug-likeness (QED) is 0.642. The number of nitrogens with zero attached hydrogens (tertiary/aromatic N) is 2. The molecule has 158 valence electrons. The Morgan fingerprint density at radius 2 is 1.41 bits per heavy atom. The summed E-state index contributed by atoms with van der Waals surface area (Å²) in [7, 11) is -7.65. The first-order valence-corrected chi connectivity index (χ1v) is 13.0. The fourth-order valence-corrected chi connectivity index (χ4v) is 8.10. The molecular formula is C16H16Cl2N2O6S3. The molecular weight excluding hydrogens is 483 g/mol. The van der Waals surface area contributed by atoms with Gasteiger partial charge in [0, 0.05) is 32.2 Å². The number of piperazine rings is 1. The summed E-state index contributed by atoms with van der Waals surface area (Å²) >= 11 is 12.8. The first-order valence-electron chi connectivity index (χ1n) is 8.54. The lowest BCUT2D eigenvalue weighted by atomic mass is 10.3. The van der Waals surface area contributed by atoms with Crippen LogP contribution >= 0.6 is 34.5 Å². The van der Waals surface area contributed by atoms with E-state index in [0.29, 0.717) is 24.7 Å². The second-order valence-electron chi connectivity index (χ2n) is 6.30. The van der Waals surface area contributed by atoms with Crippen LogP contribution in [0.25, 0.3) is 0 Å². The highest BCUT2D eigenvalue weighted by Crippen LogP contribution is 2.37. The van der Waals surface area contributed by atoms with Crippen molar-refractivity contribution in [2.24, 2.45) is 0 Å². The van der Waals surface area contributed by atoms with Gasteiger partial charge in [-0.05, 0) is 18.2 Å². The van der Waals surface area contributed by atoms with Gasteiger partial charge >= 0.3 is 0 Å². The first-order chi connectivity index (χ1) is 13.7. The molecule has 2 aliphatic rings. The van der Waals surface area contributed by atoms with Crippen molar-refractivity contribution in [1.29, 1.82) is 0 Å². The molecule has 0 N–H and O–H groups in total. The van der Waals surface area contributed by atoms with Crippen LogP contribution in [0.2, 0.25) is 8.67 Å². The SMILES string of the molecule is O=S(=O)(c1ccc2c(c1)OCCO2)N1CCN(S(=O)(=O)c2cc(Cl)sc2Cl)CC1. The molecule has 0 atom stereocenters. The normalized spacial score (nSPS) is 18.7. The number of halogens is 2. The van der Waals surface area contributed by atoms with E-state index < -0.39 is 20.0 Å². The molecule has 29 heavy (non-hydrogen) atoms. The summed E-state index contributed by atoms with van der Waals surface area (Å²) in [5, 5.41) is 0. The Morgan fingerprint density at radius 1 is 0.828 bits per heavy atom. The minimum atomic E-state index is -3.85. The van der Waals surface area contributed by atoms with Crippen LogP contribution < -0.4 is 9.47 Å². The van der Waals surface area contributed by atoms with E-state index in [9.17, 15) is 16.8 Å². The highest BCUT2D eigenvalue weighted by atomic mass is 35.5. The molecule has 2 aromatic rings. The molecule has 0 amide bonds. The number of benzene rings is 1. The molecule has 0 saturated carbocycles. The summed E-state index contributed by atoms with van der Waals surface area (Å²) in [4.78, 5) is 0.0167. The Labute approximate surface area is 182 Å². The molecule has 1 fully saturated rings. The lowest BCUT2D eigenvalue weighted by molar-refractivity contribution is 0.171. The Kier molecular flexibility index (Phi) is 5.75. The summed E-state index contributed by atoms with van der Waals surface area (Å²) in [5.41, 5.74) is 0. The van der Waals surface area contributed by atoms with Crippen LogP contribution in [0.3, 0.4) is 0 Å². The zero-order chi connectivity index (χ0) is 20.8. The van der Waals surface area contributed by atoms with Crippen molar-refractivity contribution in [3.63, 3.8) is 0 Å². The van der Waals surface area contributed by atoms with Crippen molar-refractivity contribution in [1.82, 2.24) is 8.61 Å². The fraction of sp³-hybridized carbons (Fsp3) is 0.375. The van der Waals surface area contributed by atoms with Gasteiger partial charge in [-0.15, -0.1) is 11.3 Å². The molecule has 4 rings (SSSR count). The molecule has 8 nitrogen and oxygen atoms in total. The summed E-state index contributed by atoms with van der Waals surface area (Å²) < 4.78 is 65.3. The van der Waals surface area contributed by atoms with E-state index in [4.69, 9.17) is 32.7 Å². The van der Waals surface area contributed by atoms with Gasteiger partial charge < -0.3 is 9.47 Å². The van der Waals surface area contributed by atoms with Gasteiger partial charge in [-0.25, -0.2) is 16.8 Å². The van der Waals surface area contributed by atoms with E-state index in [1.54, 1.807) is 6.07 Å². The van der Waals surface area contributed by atoms with E-state index in [1.807, 2.05) is 0 Å². The van der Waals surface area contributed by atoms with Gasteiger partial charge in [0.2, 0.25) is 20.0 Å². The monoisotopic (exact) mass is 498 g/mol. The molecule has 0 spiro atoms.